The van der Waals surface area contributed by atoms with Gasteiger partial charge >= 0.3 is 5.97 Å². The van der Waals surface area contributed by atoms with Gasteiger partial charge in [0, 0.05) is 11.8 Å². The molecule has 0 saturated carbocycles. The molecule has 0 spiro atoms. The van der Waals surface area contributed by atoms with Gasteiger partial charge in [0.05, 0.1) is 11.6 Å². The monoisotopic (exact) mass is 362 g/mol. The van der Waals surface area contributed by atoms with Crippen LogP contribution in [0.3, 0.4) is 0 Å². The zero-order valence-electron chi connectivity index (χ0n) is 15.5. The molecule has 0 aliphatic rings. The first-order valence-electron chi connectivity index (χ1n) is 8.83. The zero-order chi connectivity index (χ0) is 19.6. The van der Waals surface area contributed by atoms with Crippen molar-refractivity contribution in [2.45, 2.75) is 26.7 Å². The highest BCUT2D eigenvalue weighted by Gasteiger charge is 2.11. The molecule has 0 fully saturated rings. The highest BCUT2D eigenvalue weighted by molar-refractivity contribution is 5.95. The van der Waals surface area contributed by atoms with Gasteiger partial charge in [0.2, 0.25) is 0 Å². The maximum absolute atomic E-state index is 12.2. The fourth-order valence-electron chi connectivity index (χ4n) is 2.60. The number of amides is 1. The molecule has 0 unspecified atom stereocenters. The maximum Gasteiger partial charge on any atom is 0.331 e. The van der Waals surface area contributed by atoms with Gasteiger partial charge in [-0.05, 0) is 47.7 Å². The van der Waals surface area contributed by atoms with E-state index in [9.17, 15) is 9.59 Å². The lowest BCUT2D eigenvalue weighted by molar-refractivity contribution is -0.142. The van der Waals surface area contributed by atoms with E-state index < -0.39 is 5.97 Å². The van der Waals surface area contributed by atoms with Crippen molar-refractivity contribution >= 4 is 23.6 Å². The van der Waals surface area contributed by atoms with Crippen LogP contribution in [0, 0.1) is 11.3 Å². The number of ether oxygens (including phenoxy) is 1. The predicted molar refractivity (Wildman–Crippen MR) is 105 cm³/mol. The van der Waals surface area contributed by atoms with Crippen molar-refractivity contribution in [3.63, 3.8) is 0 Å². The number of hydrogen-bond donors (Lipinski definition) is 1. The molecule has 0 aromatic heterocycles. The van der Waals surface area contributed by atoms with Crippen molar-refractivity contribution < 1.29 is 14.3 Å². The van der Waals surface area contributed by atoms with Gasteiger partial charge in [-0.3, -0.25) is 4.79 Å². The molecular formula is C22H22N2O3. The Morgan fingerprint density at radius 3 is 2.26 bits per heavy atom. The van der Waals surface area contributed by atoms with Gasteiger partial charge in [0.1, 0.15) is 0 Å². The van der Waals surface area contributed by atoms with Crippen molar-refractivity contribution in [3.8, 4) is 6.07 Å². The van der Waals surface area contributed by atoms with Crippen LogP contribution in [0.5, 0.6) is 0 Å². The number of nitrogens with one attached hydrogen (secondary N) is 1. The van der Waals surface area contributed by atoms with Crippen LogP contribution in [0.4, 0.5) is 5.69 Å². The van der Waals surface area contributed by atoms with E-state index in [1.807, 2.05) is 38.1 Å². The third-order valence-corrected chi connectivity index (χ3v) is 4.06. The summed E-state index contributed by atoms with van der Waals surface area (Å²) in [4.78, 5) is 24.0. The molecule has 5 heteroatoms. The largest absolute Gasteiger partial charge is 0.452 e. The van der Waals surface area contributed by atoms with E-state index in [2.05, 4.69) is 5.32 Å². The molecule has 0 atom stereocenters. The van der Waals surface area contributed by atoms with Gasteiger partial charge in [0.25, 0.3) is 5.91 Å². The molecule has 2 aromatic rings. The third kappa shape index (κ3) is 5.82. The smallest absolute Gasteiger partial charge is 0.331 e. The highest BCUT2D eigenvalue weighted by atomic mass is 16.5. The lowest BCUT2D eigenvalue weighted by Crippen LogP contribution is -2.21. The summed E-state index contributed by atoms with van der Waals surface area (Å²) >= 11 is 0. The molecule has 27 heavy (non-hydrogen) atoms. The van der Waals surface area contributed by atoms with Crippen LogP contribution in [0.25, 0.3) is 6.08 Å². The molecule has 0 aliphatic carbocycles. The number of nitriles is 1. The Morgan fingerprint density at radius 2 is 1.70 bits per heavy atom. The molecule has 1 amide bonds. The third-order valence-electron chi connectivity index (χ3n) is 4.06. The second-order valence-corrected chi connectivity index (χ2v) is 5.88. The molecular weight excluding hydrogens is 340 g/mol. The number of esters is 1. The Morgan fingerprint density at radius 1 is 1.07 bits per heavy atom. The van der Waals surface area contributed by atoms with E-state index in [0.717, 1.165) is 35.2 Å². The van der Waals surface area contributed by atoms with Crippen LogP contribution in [0.1, 0.15) is 36.1 Å². The second kappa shape index (κ2) is 9.93. The van der Waals surface area contributed by atoms with Crippen molar-refractivity contribution in [1.29, 1.82) is 5.26 Å². The lowest BCUT2D eigenvalue weighted by Gasteiger charge is -2.14. The normalized spacial score (nSPS) is 10.4. The minimum absolute atomic E-state index is 0.349. The number of hydrogen-bond acceptors (Lipinski definition) is 4. The Hall–Kier alpha value is -3.39. The zero-order valence-corrected chi connectivity index (χ0v) is 15.5. The fourth-order valence-corrected chi connectivity index (χ4v) is 2.60. The molecule has 2 aromatic carbocycles. The lowest BCUT2D eigenvalue weighted by atomic mass is 10.0. The Bertz CT molecular complexity index is 855. The molecule has 0 bridgehead atoms. The number of carbonyl (C=O) groups is 2. The van der Waals surface area contributed by atoms with Gasteiger partial charge < -0.3 is 10.1 Å². The van der Waals surface area contributed by atoms with Gasteiger partial charge in [-0.2, -0.15) is 5.26 Å². The average molecular weight is 362 g/mol. The highest BCUT2D eigenvalue weighted by Crippen LogP contribution is 2.22. The predicted octanol–water partition coefficient (Wildman–Crippen LogP) is 3.88. The summed E-state index contributed by atoms with van der Waals surface area (Å²) in [6.45, 7) is 3.70. The maximum atomic E-state index is 12.2. The number of nitrogens with zero attached hydrogens (tertiary/aromatic N) is 1. The molecule has 5 nitrogen and oxygen atoms in total. The molecule has 0 saturated heterocycles. The van der Waals surface area contributed by atoms with E-state index >= 15 is 0 Å². The van der Waals surface area contributed by atoms with Gasteiger partial charge in [-0.1, -0.05) is 44.2 Å². The van der Waals surface area contributed by atoms with Crippen molar-refractivity contribution in [2.24, 2.45) is 0 Å². The molecule has 0 heterocycles. The summed E-state index contributed by atoms with van der Waals surface area (Å²) < 4.78 is 5.00. The van der Waals surface area contributed by atoms with E-state index in [4.69, 9.17) is 10.00 Å². The van der Waals surface area contributed by atoms with Gasteiger partial charge in [0.15, 0.2) is 6.61 Å². The quantitative estimate of drug-likeness (QED) is 0.599. The molecule has 138 valence electrons. The van der Waals surface area contributed by atoms with E-state index in [-0.39, 0.29) is 12.5 Å². The van der Waals surface area contributed by atoms with Crippen molar-refractivity contribution in [2.75, 3.05) is 11.9 Å². The van der Waals surface area contributed by atoms with E-state index in [1.54, 1.807) is 30.3 Å². The van der Waals surface area contributed by atoms with Crippen LogP contribution < -0.4 is 5.32 Å². The molecule has 0 radical (unpaired) electrons. The Labute approximate surface area is 159 Å². The SMILES string of the molecule is CCc1cccc(CC)c1NC(=O)COC(=O)/C=C/c1ccc(C#N)cc1. The molecule has 1 N–H and O–H groups in total. The topological polar surface area (TPSA) is 79.2 Å². The number of anilines is 1. The number of benzene rings is 2. The van der Waals surface area contributed by atoms with Crippen molar-refractivity contribution in [3.05, 3.63) is 70.8 Å². The van der Waals surface area contributed by atoms with Crippen LogP contribution in [-0.2, 0) is 27.2 Å². The standard InChI is InChI=1S/C22H22N2O3/c1-3-18-6-5-7-19(4-2)22(18)24-20(25)15-27-21(26)13-12-16-8-10-17(14-23)11-9-16/h5-13H,3-4,15H2,1-2H3,(H,24,25)/b13-12+. The number of carbonyl (C=O) groups excluding carboxylic acids is 2. The Balaban J connectivity index is 1.91. The van der Waals surface area contributed by atoms with Crippen molar-refractivity contribution in [1.82, 2.24) is 0 Å². The van der Waals surface area contributed by atoms with Crippen LogP contribution in [-0.4, -0.2) is 18.5 Å². The second-order valence-electron chi connectivity index (χ2n) is 5.88. The first-order chi connectivity index (χ1) is 13.1. The minimum atomic E-state index is -0.603. The number of para-hydroxylation sites is 1. The number of aryl methyl sites for hydroxylation is 2. The summed E-state index contributed by atoms with van der Waals surface area (Å²) in [5, 5.41) is 11.6. The summed E-state index contributed by atoms with van der Waals surface area (Å²) in [5.74, 6) is -0.972. The summed E-state index contributed by atoms with van der Waals surface area (Å²) in [7, 11) is 0. The van der Waals surface area contributed by atoms with Crippen LogP contribution in [0.2, 0.25) is 0 Å². The Kier molecular flexibility index (Phi) is 7.33. The van der Waals surface area contributed by atoms with Gasteiger partial charge in [-0.25, -0.2) is 4.79 Å². The first kappa shape index (κ1) is 19.9. The average Bonchev–Trinajstić information content (AvgIpc) is 2.71. The van der Waals surface area contributed by atoms with E-state index in [0.29, 0.717) is 5.56 Å². The molecule has 0 aliphatic heterocycles. The van der Waals surface area contributed by atoms with Crippen LogP contribution >= 0.6 is 0 Å². The van der Waals surface area contributed by atoms with Gasteiger partial charge in [-0.15, -0.1) is 0 Å². The fraction of sp³-hybridized carbons (Fsp3) is 0.227. The summed E-state index contributed by atoms with van der Waals surface area (Å²) in [6, 6.07) is 14.7. The summed E-state index contributed by atoms with van der Waals surface area (Å²) in [6.07, 6.45) is 4.43. The number of rotatable bonds is 7. The minimum Gasteiger partial charge on any atom is -0.452 e. The molecule has 2 rings (SSSR count). The summed E-state index contributed by atoms with van der Waals surface area (Å²) in [5.41, 5.74) is 4.21. The first-order valence-corrected chi connectivity index (χ1v) is 8.83. The van der Waals surface area contributed by atoms with E-state index in [1.165, 1.54) is 6.08 Å². The van der Waals surface area contributed by atoms with Crippen LogP contribution in [0.15, 0.2) is 48.5 Å².